The summed E-state index contributed by atoms with van der Waals surface area (Å²) in [7, 11) is 0. The average molecular weight is 402 g/mol. The standard InChI is InChI=1S/C23H19FN4O2/c1-15-7-10-21-25-13-20(28(21)14-15)23(30)27-19-11-17(8-9-18(19)24)22(29)26-12-16-5-3-2-4-6-16/h2-11,13-14H,12H2,1H3,(H,26,29)(H,27,30). The van der Waals surface area contributed by atoms with E-state index in [2.05, 4.69) is 15.6 Å². The van der Waals surface area contributed by atoms with Crippen molar-refractivity contribution in [3.63, 3.8) is 0 Å². The average Bonchev–Trinajstić information content (AvgIpc) is 3.17. The highest BCUT2D eigenvalue weighted by molar-refractivity contribution is 6.04. The molecule has 2 heterocycles. The first-order valence-electron chi connectivity index (χ1n) is 9.38. The number of amides is 2. The number of anilines is 1. The van der Waals surface area contributed by atoms with Crippen molar-refractivity contribution in [1.82, 2.24) is 14.7 Å². The molecule has 4 rings (SSSR count). The van der Waals surface area contributed by atoms with E-state index in [-0.39, 0.29) is 22.9 Å². The van der Waals surface area contributed by atoms with E-state index in [1.54, 1.807) is 16.7 Å². The van der Waals surface area contributed by atoms with Crippen molar-refractivity contribution in [3.05, 3.63) is 101 Å². The quantitative estimate of drug-likeness (QED) is 0.531. The zero-order valence-corrected chi connectivity index (χ0v) is 16.2. The van der Waals surface area contributed by atoms with E-state index in [0.717, 1.165) is 17.2 Å². The predicted molar refractivity (Wildman–Crippen MR) is 112 cm³/mol. The van der Waals surface area contributed by atoms with Crippen LogP contribution in [0, 0.1) is 12.7 Å². The highest BCUT2D eigenvalue weighted by Gasteiger charge is 2.16. The molecule has 0 spiro atoms. The van der Waals surface area contributed by atoms with Crippen LogP contribution in [0.15, 0.2) is 73.1 Å². The lowest BCUT2D eigenvalue weighted by Crippen LogP contribution is -2.23. The van der Waals surface area contributed by atoms with Crippen LogP contribution < -0.4 is 10.6 Å². The van der Waals surface area contributed by atoms with E-state index in [9.17, 15) is 14.0 Å². The van der Waals surface area contributed by atoms with Crippen molar-refractivity contribution in [2.24, 2.45) is 0 Å². The second kappa shape index (κ2) is 8.16. The first-order valence-corrected chi connectivity index (χ1v) is 9.38. The number of carbonyl (C=O) groups excluding carboxylic acids is 2. The number of hydrogen-bond acceptors (Lipinski definition) is 3. The van der Waals surface area contributed by atoms with Crippen molar-refractivity contribution >= 4 is 23.1 Å². The first-order chi connectivity index (χ1) is 14.5. The third kappa shape index (κ3) is 4.05. The lowest BCUT2D eigenvalue weighted by molar-refractivity contribution is 0.0949. The van der Waals surface area contributed by atoms with Gasteiger partial charge in [0.25, 0.3) is 11.8 Å². The molecule has 0 unspecified atom stereocenters. The number of fused-ring (bicyclic) bond motifs is 1. The lowest BCUT2D eigenvalue weighted by atomic mass is 10.1. The molecule has 0 aliphatic rings. The minimum absolute atomic E-state index is 0.0741. The van der Waals surface area contributed by atoms with Crippen LogP contribution in [-0.4, -0.2) is 21.2 Å². The Bertz CT molecular complexity index is 1230. The van der Waals surface area contributed by atoms with Crippen LogP contribution in [0.4, 0.5) is 10.1 Å². The molecule has 0 fully saturated rings. The number of hydrogen-bond donors (Lipinski definition) is 2. The molecule has 150 valence electrons. The number of aryl methyl sites for hydroxylation is 1. The second-order valence-electron chi connectivity index (χ2n) is 6.90. The topological polar surface area (TPSA) is 75.5 Å². The molecule has 6 nitrogen and oxygen atoms in total. The Kier molecular flexibility index (Phi) is 5.26. The number of nitrogens with one attached hydrogen (secondary N) is 2. The highest BCUT2D eigenvalue weighted by Crippen LogP contribution is 2.18. The Balaban J connectivity index is 1.52. The number of halogens is 1. The first kappa shape index (κ1) is 19.3. The number of carbonyl (C=O) groups is 2. The molecular weight excluding hydrogens is 383 g/mol. The minimum atomic E-state index is -0.632. The Morgan fingerprint density at radius 1 is 1.03 bits per heavy atom. The van der Waals surface area contributed by atoms with E-state index >= 15 is 0 Å². The van der Waals surface area contributed by atoms with E-state index in [1.165, 1.54) is 18.3 Å². The van der Waals surface area contributed by atoms with Gasteiger partial charge in [0, 0.05) is 18.3 Å². The van der Waals surface area contributed by atoms with E-state index < -0.39 is 11.7 Å². The predicted octanol–water partition coefficient (Wildman–Crippen LogP) is 3.96. The number of imidazole rings is 1. The van der Waals surface area contributed by atoms with Gasteiger partial charge >= 0.3 is 0 Å². The maximum absolute atomic E-state index is 14.3. The zero-order chi connectivity index (χ0) is 21.1. The molecule has 0 bridgehead atoms. The summed E-state index contributed by atoms with van der Waals surface area (Å²) in [6.07, 6.45) is 3.21. The summed E-state index contributed by atoms with van der Waals surface area (Å²) in [5.41, 5.74) is 2.96. The summed E-state index contributed by atoms with van der Waals surface area (Å²) in [6.45, 7) is 2.25. The summed E-state index contributed by atoms with van der Waals surface area (Å²) in [4.78, 5) is 29.3. The molecule has 30 heavy (non-hydrogen) atoms. The van der Waals surface area contributed by atoms with E-state index in [1.807, 2.05) is 43.3 Å². The van der Waals surface area contributed by atoms with Crippen LogP contribution in [0.1, 0.15) is 32.0 Å². The highest BCUT2D eigenvalue weighted by atomic mass is 19.1. The van der Waals surface area contributed by atoms with Gasteiger partial charge in [-0.3, -0.25) is 14.0 Å². The van der Waals surface area contributed by atoms with Gasteiger partial charge in [0.2, 0.25) is 0 Å². The van der Waals surface area contributed by atoms with Gasteiger partial charge in [0.1, 0.15) is 17.2 Å². The zero-order valence-electron chi connectivity index (χ0n) is 16.2. The Morgan fingerprint density at radius 3 is 2.63 bits per heavy atom. The molecule has 7 heteroatoms. The SMILES string of the molecule is Cc1ccc2ncc(C(=O)Nc3cc(C(=O)NCc4ccccc4)ccc3F)n2c1. The van der Waals surface area contributed by atoms with Gasteiger partial charge in [-0.05, 0) is 42.3 Å². The van der Waals surface area contributed by atoms with Gasteiger partial charge in [-0.1, -0.05) is 36.4 Å². The molecule has 0 atom stereocenters. The van der Waals surface area contributed by atoms with Crippen molar-refractivity contribution < 1.29 is 14.0 Å². The van der Waals surface area contributed by atoms with Crippen LogP contribution in [0.2, 0.25) is 0 Å². The fourth-order valence-corrected chi connectivity index (χ4v) is 3.08. The van der Waals surface area contributed by atoms with Crippen molar-refractivity contribution in [2.45, 2.75) is 13.5 Å². The molecule has 0 aliphatic heterocycles. The van der Waals surface area contributed by atoms with Gasteiger partial charge in [-0.2, -0.15) is 0 Å². The fourth-order valence-electron chi connectivity index (χ4n) is 3.08. The largest absolute Gasteiger partial charge is 0.348 e. The van der Waals surface area contributed by atoms with E-state index in [0.29, 0.717) is 12.2 Å². The molecule has 2 aromatic heterocycles. The summed E-state index contributed by atoms with van der Waals surface area (Å²) in [5.74, 6) is -1.51. The molecule has 2 amide bonds. The van der Waals surface area contributed by atoms with Crippen molar-refractivity contribution in [2.75, 3.05) is 5.32 Å². The third-order valence-corrected chi connectivity index (χ3v) is 4.66. The number of rotatable bonds is 5. The summed E-state index contributed by atoms with van der Waals surface area (Å²) in [6, 6.07) is 17.0. The summed E-state index contributed by atoms with van der Waals surface area (Å²) < 4.78 is 15.9. The maximum atomic E-state index is 14.3. The molecule has 2 aromatic carbocycles. The van der Waals surface area contributed by atoms with Crippen LogP contribution in [-0.2, 0) is 6.54 Å². The molecule has 4 aromatic rings. The second-order valence-corrected chi connectivity index (χ2v) is 6.90. The van der Waals surface area contributed by atoms with Crippen LogP contribution >= 0.6 is 0 Å². The van der Waals surface area contributed by atoms with E-state index in [4.69, 9.17) is 0 Å². The van der Waals surface area contributed by atoms with Crippen LogP contribution in [0.25, 0.3) is 5.65 Å². The summed E-state index contributed by atoms with van der Waals surface area (Å²) in [5, 5.41) is 5.32. The third-order valence-electron chi connectivity index (χ3n) is 4.66. The van der Waals surface area contributed by atoms with Crippen molar-refractivity contribution in [1.29, 1.82) is 0 Å². The van der Waals surface area contributed by atoms with Crippen LogP contribution in [0.3, 0.4) is 0 Å². The Morgan fingerprint density at radius 2 is 1.83 bits per heavy atom. The molecule has 0 saturated carbocycles. The van der Waals surface area contributed by atoms with Crippen molar-refractivity contribution in [3.8, 4) is 0 Å². The molecule has 0 aliphatic carbocycles. The maximum Gasteiger partial charge on any atom is 0.274 e. The lowest BCUT2D eigenvalue weighted by Gasteiger charge is -2.10. The number of aromatic nitrogens is 2. The molecule has 2 N–H and O–H groups in total. The summed E-state index contributed by atoms with van der Waals surface area (Å²) >= 11 is 0. The number of benzene rings is 2. The Hall–Kier alpha value is -4.00. The smallest absolute Gasteiger partial charge is 0.274 e. The van der Waals surface area contributed by atoms with Crippen LogP contribution in [0.5, 0.6) is 0 Å². The normalized spacial score (nSPS) is 10.7. The van der Waals surface area contributed by atoms with Gasteiger partial charge in [-0.25, -0.2) is 9.37 Å². The molecule has 0 saturated heterocycles. The monoisotopic (exact) mass is 402 g/mol. The molecular formula is C23H19FN4O2. The minimum Gasteiger partial charge on any atom is -0.348 e. The fraction of sp³-hybridized carbons (Fsp3) is 0.0870. The van der Waals surface area contributed by atoms with Gasteiger partial charge in [0.05, 0.1) is 11.9 Å². The molecule has 0 radical (unpaired) electrons. The Labute approximate surface area is 172 Å². The van der Waals surface area contributed by atoms with Gasteiger partial charge < -0.3 is 10.6 Å². The number of pyridine rings is 1. The van der Waals surface area contributed by atoms with Gasteiger partial charge in [-0.15, -0.1) is 0 Å². The van der Waals surface area contributed by atoms with Gasteiger partial charge in [0.15, 0.2) is 0 Å². The number of nitrogens with zero attached hydrogens (tertiary/aromatic N) is 2.